The number of rotatable bonds is 6. The Morgan fingerprint density at radius 1 is 1.62 bits per heavy atom. The Morgan fingerprint density at radius 3 is 3.06 bits per heavy atom. The van der Waals surface area contributed by atoms with Crippen molar-refractivity contribution in [1.29, 1.82) is 0 Å². The van der Waals surface area contributed by atoms with Crippen molar-refractivity contribution in [2.45, 2.75) is 45.1 Å². The molecule has 1 aliphatic rings. The van der Waals surface area contributed by atoms with E-state index in [9.17, 15) is 4.79 Å². The molecule has 2 atom stereocenters. The van der Waals surface area contributed by atoms with Crippen LogP contribution >= 0.6 is 0 Å². The normalized spacial score (nSPS) is 22.8. The van der Waals surface area contributed by atoms with E-state index >= 15 is 0 Å². The van der Waals surface area contributed by atoms with Crippen LogP contribution in [-0.2, 0) is 4.79 Å². The van der Waals surface area contributed by atoms with E-state index < -0.39 is 0 Å². The largest absolute Gasteiger partial charge is 0.393 e. The lowest BCUT2D eigenvalue weighted by Crippen LogP contribution is -2.34. The minimum Gasteiger partial charge on any atom is -0.393 e. The smallest absolute Gasteiger partial charge is 0.220 e. The van der Waals surface area contributed by atoms with Crippen molar-refractivity contribution < 1.29 is 9.90 Å². The Hall–Kier alpha value is -0.610. The van der Waals surface area contributed by atoms with E-state index in [2.05, 4.69) is 10.6 Å². The molecule has 4 heteroatoms. The number of nitrogens with one attached hydrogen (secondary N) is 2. The lowest BCUT2D eigenvalue weighted by molar-refractivity contribution is -0.122. The second-order valence-corrected chi connectivity index (χ2v) is 4.76. The minimum absolute atomic E-state index is 0.152. The molecule has 3 N–H and O–H groups in total. The molecule has 0 aromatic carbocycles. The molecule has 0 aromatic rings. The van der Waals surface area contributed by atoms with E-state index in [1.54, 1.807) is 6.92 Å². The molecule has 2 unspecified atom stereocenters. The van der Waals surface area contributed by atoms with E-state index in [-0.39, 0.29) is 12.0 Å². The summed E-state index contributed by atoms with van der Waals surface area (Å²) in [6, 6.07) is 0. The first-order valence-corrected chi connectivity index (χ1v) is 6.34. The summed E-state index contributed by atoms with van der Waals surface area (Å²) in [4.78, 5) is 11.6. The summed E-state index contributed by atoms with van der Waals surface area (Å²) in [5, 5.41) is 15.3. The second kappa shape index (κ2) is 7.63. The number of piperidine rings is 1. The van der Waals surface area contributed by atoms with Gasteiger partial charge in [-0.1, -0.05) is 0 Å². The molecule has 1 fully saturated rings. The van der Waals surface area contributed by atoms with Crippen molar-refractivity contribution in [1.82, 2.24) is 10.6 Å². The predicted molar refractivity (Wildman–Crippen MR) is 64.1 cm³/mol. The summed E-state index contributed by atoms with van der Waals surface area (Å²) in [7, 11) is 0. The SMILES string of the molecule is CC(O)CCCNC(=O)CC1CCCNC1. The molecule has 0 spiro atoms. The van der Waals surface area contributed by atoms with Gasteiger partial charge in [-0.3, -0.25) is 4.79 Å². The molecule has 16 heavy (non-hydrogen) atoms. The van der Waals surface area contributed by atoms with Crippen LogP contribution in [0.15, 0.2) is 0 Å². The molecule has 4 nitrogen and oxygen atoms in total. The summed E-state index contributed by atoms with van der Waals surface area (Å²) in [6.07, 6.45) is 4.33. The maximum Gasteiger partial charge on any atom is 0.220 e. The van der Waals surface area contributed by atoms with Gasteiger partial charge in [0.2, 0.25) is 5.91 Å². The molecule has 1 heterocycles. The minimum atomic E-state index is -0.264. The van der Waals surface area contributed by atoms with Gasteiger partial charge in [0.1, 0.15) is 0 Å². The number of carbonyl (C=O) groups excluding carboxylic acids is 1. The summed E-state index contributed by atoms with van der Waals surface area (Å²) in [5.41, 5.74) is 0. The molecule has 0 aliphatic carbocycles. The zero-order valence-corrected chi connectivity index (χ0v) is 10.2. The van der Waals surface area contributed by atoms with Crippen molar-refractivity contribution >= 4 is 5.91 Å². The first-order chi connectivity index (χ1) is 7.68. The molecule has 0 radical (unpaired) electrons. The highest BCUT2D eigenvalue weighted by Crippen LogP contribution is 2.13. The van der Waals surface area contributed by atoms with Crippen LogP contribution in [0, 0.1) is 5.92 Å². The Bertz CT molecular complexity index is 201. The third-order valence-corrected chi connectivity index (χ3v) is 2.99. The van der Waals surface area contributed by atoms with Gasteiger partial charge in [0, 0.05) is 13.0 Å². The number of amides is 1. The molecular formula is C12H24N2O2. The number of aliphatic hydroxyl groups excluding tert-OH is 1. The van der Waals surface area contributed by atoms with Gasteiger partial charge in [0.05, 0.1) is 6.10 Å². The van der Waals surface area contributed by atoms with Gasteiger partial charge in [-0.15, -0.1) is 0 Å². The molecule has 1 aliphatic heterocycles. The average Bonchev–Trinajstić information content (AvgIpc) is 2.25. The first-order valence-electron chi connectivity index (χ1n) is 6.34. The van der Waals surface area contributed by atoms with Crippen LogP contribution in [0.1, 0.15) is 39.0 Å². The fourth-order valence-corrected chi connectivity index (χ4v) is 2.06. The van der Waals surface area contributed by atoms with Crippen LogP contribution in [0.2, 0.25) is 0 Å². The summed E-state index contributed by atoms with van der Waals surface area (Å²) in [6.45, 7) is 4.52. The van der Waals surface area contributed by atoms with Gasteiger partial charge in [0.25, 0.3) is 0 Å². The Morgan fingerprint density at radius 2 is 2.44 bits per heavy atom. The highest BCUT2D eigenvalue weighted by molar-refractivity contribution is 5.76. The fourth-order valence-electron chi connectivity index (χ4n) is 2.06. The quantitative estimate of drug-likeness (QED) is 0.585. The standard InChI is InChI=1S/C12H24N2O2/c1-10(15)4-2-7-14-12(16)8-11-5-3-6-13-9-11/h10-11,13,15H,2-9H2,1H3,(H,14,16). The molecule has 1 amide bonds. The highest BCUT2D eigenvalue weighted by Gasteiger charge is 2.16. The monoisotopic (exact) mass is 228 g/mol. The molecule has 1 saturated heterocycles. The topological polar surface area (TPSA) is 61.4 Å². The van der Waals surface area contributed by atoms with Gasteiger partial charge in [-0.2, -0.15) is 0 Å². The molecule has 0 bridgehead atoms. The predicted octanol–water partition coefficient (Wildman–Crippen LogP) is 0.653. The Labute approximate surface area is 97.8 Å². The number of aliphatic hydroxyl groups is 1. The lowest BCUT2D eigenvalue weighted by atomic mass is 9.96. The zero-order chi connectivity index (χ0) is 11.8. The van der Waals surface area contributed by atoms with Gasteiger partial charge in [0.15, 0.2) is 0 Å². The van der Waals surface area contributed by atoms with E-state index in [4.69, 9.17) is 5.11 Å². The molecule has 0 saturated carbocycles. The maximum atomic E-state index is 11.6. The molecule has 0 aromatic heterocycles. The van der Waals surface area contributed by atoms with E-state index in [1.807, 2.05) is 0 Å². The number of hydrogen-bond acceptors (Lipinski definition) is 3. The van der Waals surface area contributed by atoms with Crippen LogP contribution in [0.25, 0.3) is 0 Å². The first kappa shape index (κ1) is 13.5. The molecule has 94 valence electrons. The highest BCUT2D eigenvalue weighted by atomic mass is 16.3. The van der Waals surface area contributed by atoms with E-state index in [0.29, 0.717) is 18.9 Å². The fraction of sp³-hybridized carbons (Fsp3) is 0.917. The summed E-state index contributed by atoms with van der Waals surface area (Å²) >= 11 is 0. The molecular weight excluding hydrogens is 204 g/mol. The second-order valence-electron chi connectivity index (χ2n) is 4.76. The van der Waals surface area contributed by atoms with Gasteiger partial charge < -0.3 is 15.7 Å². The lowest BCUT2D eigenvalue weighted by Gasteiger charge is -2.22. The van der Waals surface area contributed by atoms with Crippen molar-refractivity contribution in [2.75, 3.05) is 19.6 Å². The molecule has 1 rings (SSSR count). The van der Waals surface area contributed by atoms with Crippen LogP contribution in [0.4, 0.5) is 0 Å². The maximum absolute atomic E-state index is 11.6. The van der Waals surface area contributed by atoms with Crippen molar-refractivity contribution in [2.24, 2.45) is 5.92 Å². The zero-order valence-electron chi connectivity index (χ0n) is 10.2. The Kier molecular flexibility index (Phi) is 6.42. The third kappa shape index (κ3) is 6.08. The van der Waals surface area contributed by atoms with Crippen LogP contribution in [-0.4, -0.2) is 36.8 Å². The van der Waals surface area contributed by atoms with Gasteiger partial charge in [-0.05, 0) is 51.6 Å². The number of hydrogen-bond donors (Lipinski definition) is 3. The van der Waals surface area contributed by atoms with Gasteiger partial charge >= 0.3 is 0 Å². The number of carbonyl (C=O) groups is 1. The summed E-state index contributed by atoms with van der Waals surface area (Å²) in [5.74, 6) is 0.657. The third-order valence-electron chi connectivity index (χ3n) is 2.99. The van der Waals surface area contributed by atoms with Gasteiger partial charge in [-0.25, -0.2) is 0 Å². The van der Waals surface area contributed by atoms with Crippen LogP contribution in [0.3, 0.4) is 0 Å². The summed E-state index contributed by atoms with van der Waals surface area (Å²) < 4.78 is 0. The van der Waals surface area contributed by atoms with Crippen molar-refractivity contribution in [3.8, 4) is 0 Å². The van der Waals surface area contributed by atoms with Crippen molar-refractivity contribution in [3.63, 3.8) is 0 Å². The average molecular weight is 228 g/mol. The van der Waals surface area contributed by atoms with E-state index in [1.165, 1.54) is 6.42 Å². The van der Waals surface area contributed by atoms with Crippen molar-refractivity contribution in [3.05, 3.63) is 0 Å². The van der Waals surface area contributed by atoms with Crippen LogP contribution < -0.4 is 10.6 Å². The Balaban J connectivity index is 2.01. The van der Waals surface area contributed by atoms with Crippen LogP contribution in [0.5, 0.6) is 0 Å². The van der Waals surface area contributed by atoms with E-state index in [0.717, 1.165) is 32.4 Å².